The van der Waals surface area contributed by atoms with Crippen LogP contribution in [0.5, 0.6) is 0 Å². The fourth-order valence-corrected chi connectivity index (χ4v) is 3.15. The molecule has 0 saturated carbocycles. The van der Waals surface area contributed by atoms with Gasteiger partial charge < -0.3 is 15.0 Å². The summed E-state index contributed by atoms with van der Waals surface area (Å²) in [6.07, 6.45) is 4.79. The molecular formula is C21H19FN6O2. The number of halogens is 1. The van der Waals surface area contributed by atoms with Gasteiger partial charge >= 0.3 is 0 Å². The van der Waals surface area contributed by atoms with Crippen LogP contribution >= 0.6 is 0 Å². The summed E-state index contributed by atoms with van der Waals surface area (Å²) in [5.41, 5.74) is 2.93. The number of hydrogen-bond donors (Lipinski definition) is 3. The Hall–Kier alpha value is -3.85. The van der Waals surface area contributed by atoms with Crippen LogP contribution in [0, 0.1) is 12.7 Å². The Kier molecular flexibility index (Phi) is 5.36. The van der Waals surface area contributed by atoms with Gasteiger partial charge in [-0.1, -0.05) is 12.1 Å². The quantitative estimate of drug-likeness (QED) is 0.454. The Morgan fingerprint density at radius 2 is 2.13 bits per heavy atom. The number of aromatic nitrogens is 5. The Bertz CT molecular complexity index is 1240. The van der Waals surface area contributed by atoms with E-state index < -0.39 is 11.9 Å². The summed E-state index contributed by atoms with van der Waals surface area (Å²) in [6.45, 7) is 1.53. The number of H-pyrrole nitrogens is 1. The molecule has 4 rings (SSSR count). The molecule has 8 nitrogen and oxygen atoms in total. The Morgan fingerprint density at radius 1 is 1.27 bits per heavy atom. The largest absolute Gasteiger partial charge is 0.394 e. The number of aromatic amines is 1. The molecule has 1 aromatic carbocycles. The molecule has 3 N–H and O–H groups in total. The second-order valence-electron chi connectivity index (χ2n) is 6.71. The van der Waals surface area contributed by atoms with Crippen molar-refractivity contribution in [3.8, 4) is 11.3 Å². The number of aryl methyl sites for hydroxylation is 1. The standard InChI is InChI=1S/C21H19FN6O2/c1-13-18(11-24-27-13)26-21-23-7-5-17(25-21)14-6-8-28(20(30)10-14)19(12-29)15-3-2-4-16(22)9-15/h2-11,19,29H,12H2,1H3,(H,24,27)(H,23,25,26). The first kappa shape index (κ1) is 19.5. The van der Waals surface area contributed by atoms with E-state index in [2.05, 4.69) is 25.5 Å². The van der Waals surface area contributed by atoms with Gasteiger partial charge in [-0.25, -0.2) is 14.4 Å². The summed E-state index contributed by atoms with van der Waals surface area (Å²) in [5, 5.41) is 19.6. The predicted octanol–water partition coefficient (Wildman–Crippen LogP) is 2.80. The lowest BCUT2D eigenvalue weighted by Crippen LogP contribution is -2.27. The fourth-order valence-electron chi connectivity index (χ4n) is 3.15. The molecule has 0 radical (unpaired) electrons. The zero-order valence-corrected chi connectivity index (χ0v) is 16.1. The highest BCUT2D eigenvalue weighted by Gasteiger charge is 2.15. The van der Waals surface area contributed by atoms with E-state index in [-0.39, 0.29) is 12.2 Å². The first-order valence-corrected chi connectivity index (χ1v) is 9.24. The van der Waals surface area contributed by atoms with Crippen LogP contribution < -0.4 is 10.9 Å². The van der Waals surface area contributed by atoms with Crippen molar-refractivity contribution in [3.63, 3.8) is 0 Å². The van der Waals surface area contributed by atoms with Gasteiger partial charge in [-0.3, -0.25) is 9.89 Å². The molecule has 3 heterocycles. The van der Waals surface area contributed by atoms with Crippen molar-refractivity contribution in [2.24, 2.45) is 0 Å². The normalized spacial score (nSPS) is 12.0. The van der Waals surface area contributed by atoms with E-state index in [4.69, 9.17) is 0 Å². The van der Waals surface area contributed by atoms with Gasteiger partial charge in [0.05, 0.1) is 35.9 Å². The van der Waals surface area contributed by atoms with Crippen LogP contribution in [0.15, 0.2) is 65.8 Å². The molecule has 9 heteroatoms. The van der Waals surface area contributed by atoms with Gasteiger partial charge in [0.25, 0.3) is 5.56 Å². The number of benzene rings is 1. The van der Waals surface area contributed by atoms with Crippen molar-refractivity contribution in [1.29, 1.82) is 0 Å². The highest BCUT2D eigenvalue weighted by Crippen LogP contribution is 2.21. The maximum atomic E-state index is 13.6. The van der Waals surface area contributed by atoms with Crippen molar-refractivity contribution in [2.75, 3.05) is 11.9 Å². The molecule has 0 fully saturated rings. The molecule has 0 aliphatic rings. The van der Waals surface area contributed by atoms with Crippen LogP contribution in [0.4, 0.5) is 16.0 Å². The first-order chi connectivity index (χ1) is 14.5. The maximum Gasteiger partial charge on any atom is 0.251 e. The van der Waals surface area contributed by atoms with Gasteiger partial charge in [-0.05, 0) is 36.8 Å². The fraction of sp³-hybridized carbons (Fsp3) is 0.143. The highest BCUT2D eigenvalue weighted by molar-refractivity contribution is 5.61. The topological polar surface area (TPSA) is 109 Å². The number of rotatable bonds is 6. The van der Waals surface area contributed by atoms with Crippen LogP contribution in [0.1, 0.15) is 17.3 Å². The zero-order chi connectivity index (χ0) is 21.1. The van der Waals surface area contributed by atoms with Crippen molar-refractivity contribution in [2.45, 2.75) is 13.0 Å². The van der Waals surface area contributed by atoms with Crippen molar-refractivity contribution in [1.82, 2.24) is 24.7 Å². The van der Waals surface area contributed by atoms with Crippen LogP contribution in [-0.4, -0.2) is 36.4 Å². The molecule has 0 spiro atoms. The summed E-state index contributed by atoms with van der Waals surface area (Å²) in [4.78, 5) is 21.4. The third-order valence-electron chi connectivity index (χ3n) is 4.72. The van der Waals surface area contributed by atoms with Crippen LogP contribution in [0.3, 0.4) is 0 Å². The molecular weight excluding hydrogens is 387 g/mol. The van der Waals surface area contributed by atoms with Gasteiger partial charge in [0.15, 0.2) is 0 Å². The Balaban J connectivity index is 1.64. The molecule has 3 aromatic heterocycles. The third kappa shape index (κ3) is 3.96. The van der Waals surface area contributed by atoms with E-state index in [9.17, 15) is 14.3 Å². The Labute approximate surface area is 171 Å². The second-order valence-corrected chi connectivity index (χ2v) is 6.71. The van der Waals surface area contributed by atoms with Gasteiger partial charge in [0, 0.05) is 24.0 Å². The van der Waals surface area contributed by atoms with Crippen molar-refractivity contribution < 1.29 is 9.50 Å². The van der Waals surface area contributed by atoms with E-state index in [0.717, 1.165) is 11.4 Å². The number of nitrogens with one attached hydrogen (secondary N) is 2. The van der Waals surface area contributed by atoms with Crippen LogP contribution in [-0.2, 0) is 0 Å². The van der Waals surface area contributed by atoms with Crippen LogP contribution in [0.2, 0.25) is 0 Å². The first-order valence-electron chi connectivity index (χ1n) is 9.24. The minimum atomic E-state index is -0.686. The molecule has 1 atom stereocenters. The molecule has 4 aromatic rings. The summed E-state index contributed by atoms with van der Waals surface area (Å²) in [6, 6.07) is 10.00. The minimum Gasteiger partial charge on any atom is -0.394 e. The monoisotopic (exact) mass is 406 g/mol. The molecule has 30 heavy (non-hydrogen) atoms. The third-order valence-corrected chi connectivity index (χ3v) is 4.72. The number of pyridine rings is 1. The van der Waals surface area contributed by atoms with Gasteiger partial charge in [0.2, 0.25) is 5.95 Å². The number of anilines is 2. The minimum absolute atomic E-state index is 0.338. The lowest BCUT2D eigenvalue weighted by atomic mass is 10.1. The summed E-state index contributed by atoms with van der Waals surface area (Å²) in [5.74, 6) is -0.0568. The smallest absolute Gasteiger partial charge is 0.251 e. The van der Waals surface area contributed by atoms with Crippen molar-refractivity contribution >= 4 is 11.6 Å². The summed E-state index contributed by atoms with van der Waals surface area (Å²) < 4.78 is 14.9. The van der Waals surface area contributed by atoms with Crippen LogP contribution in [0.25, 0.3) is 11.3 Å². The number of aliphatic hydroxyl groups excluding tert-OH is 1. The van der Waals surface area contributed by atoms with Gasteiger partial charge in [0.1, 0.15) is 5.82 Å². The number of aliphatic hydroxyl groups is 1. The van der Waals surface area contributed by atoms with E-state index in [1.807, 2.05) is 6.92 Å². The molecule has 0 aliphatic heterocycles. The van der Waals surface area contributed by atoms with E-state index in [1.165, 1.54) is 22.8 Å². The lowest BCUT2D eigenvalue weighted by Gasteiger charge is -2.18. The summed E-state index contributed by atoms with van der Waals surface area (Å²) in [7, 11) is 0. The molecule has 0 saturated heterocycles. The average molecular weight is 406 g/mol. The zero-order valence-electron chi connectivity index (χ0n) is 16.1. The Morgan fingerprint density at radius 3 is 2.83 bits per heavy atom. The number of hydrogen-bond acceptors (Lipinski definition) is 6. The second kappa shape index (κ2) is 8.26. The van der Waals surface area contributed by atoms with E-state index >= 15 is 0 Å². The van der Waals surface area contributed by atoms with Gasteiger partial charge in [-0.15, -0.1) is 0 Å². The molecule has 1 unspecified atom stereocenters. The SMILES string of the molecule is Cc1[nH]ncc1Nc1nccc(-c2ccn(C(CO)c3cccc(F)c3)c(=O)c2)n1. The molecule has 0 bridgehead atoms. The molecule has 0 aliphatic carbocycles. The van der Waals surface area contributed by atoms with E-state index in [0.29, 0.717) is 22.8 Å². The lowest BCUT2D eigenvalue weighted by molar-refractivity contribution is 0.247. The molecule has 0 amide bonds. The van der Waals surface area contributed by atoms with Gasteiger partial charge in [-0.2, -0.15) is 5.10 Å². The maximum absolute atomic E-state index is 13.6. The van der Waals surface area contributed by atoms with E-state index in [1.54, 1.807) is 42.9 Å². The average Bonchev–Trinajstić information content (AvgIpc) is 3.14. The summed E-state index contributed by atoms with van der Waals surface area (Å²) >= 11 is 0. The number of nitrogens with zero attached hydrogens (tertiary/aromatic N) is 4. The van der Waals surface area contributed by atoms with Crippen molar-refractivity contribution in [3.05, 3.63) is 88.5 Å². The molecule has 152 valence electrons. The highest BCUT2D eigenvalue weighted by atomic mass is 19.1. The predicted molar refractivity (Wildman–Crippen MR) is 110 cm³/mol.